The first-order valence-electron chi connectivity index (χ1n) is 11.3. The lowest BCUT2D eigenvalue weighted by molar-refractivity contribution is -0.140. The monoisotopic (exact) mass is 510 g/mol. The summed E-state index contributed by atoms with van der Waals surface area (Å²) in [5, 5.41) is 0. The van der Waals surface area contributed by atoms with E-state index in [1.165, 1.54) is 36.2 Å². The second-order valence-electron chi connectivity index (χ2n) is 8.59. The second-order valence-corrected chi connectivity index (χ2v) is 9.60. The van der Waals surface area contributed by atoms with Gasteiger partial charge in [0.05, 0.1) is 41.8 Å². The number of allylic oxidation sites excluding steroid dienone is 1. The molecule has 1 aliphatic heterocycles. The quantitative estimate of drug-likeness (QED) is 0.355. The summed E-state index contributed by atoms with van der Waals surface area (Å²) >= 11 is 1.20. The van der Waals surface area contributed by atoms with Crippen LogP contribution in [0.25, 0.3) is 6.08 Å². The summed E-state index contributed by atoms with van der Waals surface area (Å²) in [7, 11) is 1.44. The molecular weight excluding hydrogens is 484 g/mol. The van der Waals surface area contributed by atoms with E-state index >= 15 is 0 Å². The topological polar surface area (TPSA) is 109 Å². The van der Waals surface area contributed by atoms with Crippen molar-refractivity contribution in [3.63, 3.8) is 0 Å². The highest BCUT2D eigenvalue weighted by molar-refractivity contribution is 7.07. The number of hydrogen-bond acceptors (Lipinski definition) is 9. The molecular formula is C26H26N2O7S. The fraction of sp³-hybridized carbons (Fsp3) is 0.308. The Morgan fingerprint density at radius 2 is 2.03 bits per heavy atom. The van der Waals surface area contributed by atoms with E-state index in [1.54, 1.807) is 43.3 Å². The molecule has 3 aromatic rings. The first kappa shape index (κ1) is 25.2. The first-order valence-corrected chi connectivity index (χ1v) is 12.1. The van der Waals surface area contributed by atoms with Gasteiger partial charge >= 0.3 is 11.9 Å². The van der Waals surface area contributed by atoms with Crippen LogP contribution in [0.4, 0.5) is 0 Å². The fourth-order valence-electron chi connectivity index (χ4n) is 3.81. The van der Waals surface area contributed by atoms with Crippen LogP contribution < -0.4 is 24.4 Å². The van der Waals surface area contributed by atoms with Crippen LogP contribution in [0.3, 0.4) is 0 Å². The maximum atomic E-state index is 13.6. The van der Waals surface area contributed by atoms with Crippen LogP contribution in [0.5, 0.6) is 11.5 Å². The van der Waals surface area contributed by atoms with Crippen molar-refractivity contribution in [2.45, 2.75) is 33.7 Å². The van der Waals surface area contributed by atoms with E-state index in [1.807, 2.05) is 13.8 Å². The Balaban J connectivity index is 1.92. The lowest BCUT2D eigenvalue weighted by Crippen LogP contribution is -2.40. The molecule has 2 aromatic heterocycles. The Morgan fingerprint density at radius 1 is 1.25 bits per heavy atom. The summed E-state index contributed by atoms with van der Waals surface area (Å²) in [5.41, 5.74) is 0.932. The van der Waals surface area contributed by atoms with Gasteiger partial charge in [0, 0.05) is 13.0 Å². The number of rotatable bonds is 7. The van der Waals surface area contributed by atoms with Crippen LogP contribution in [0.2, 0.25) is 0 Å². The Kier molecular flexibility index (Phi) is 7.25. The van der Waals surface area contributed by atoms with Crippen LogP contribution in [-0.2, 0) is 14.3 Å². The lowest BCUT2D eigenvalue weighted by Gasteiger charge is -2.25. The summed E-state index contributed by atoms with van der Waals surface area (Å²) < 4.78 is 23.5. The van der Waals surface area contributed by atoms with Gasteiger partial charge in [-0.15, -0.1) is 0 Å². The Labute approximate surface area is 210 Å². The standard InChI is InChI=1S/C26H26N2O7S/c1-14(2)13-34-25(31)22-15(3)27-26-28(24(30)21(36-26)12-18-7-6-10-33-18)23(22)17-8-9-19(35-16(4)29)20(11-17)32-5/h6-12,14,23H,13H2,1-5H3/b21-12+/t23-/m0/s1. The molecule has 1 atom stereocenters. The second kappa shape index (κ2) is 10.4. The van der Waals surface area contributed by atoms with Gasteiger partial charge in [0.1, 0.15) is 5.76 Å². The number of ether oxygens (including phenoxy) is 3. The van der Waals surface area contributed by atoms with E-state index in [0.717, 1.165) is 0 Å². The number of carbonyl (C=O) groups is 2. The van der Waals surface area contributed by atoms with Crippen LogP contribution >= 0.6 is 11.3 Å². The molecule has 0 unspecified atom stereocenters. The highest BCUT2D eigenvalue weighted by Gasteiger charge is 2.34. The van der Waals surface area contributed by atoms with Crippen LogP contribution in [0.1, 0.15) is 45.1 Å². The molecule has 0 aliphatic carbocycles. The van der Waals surface area contributed by atoms with Gasteiger partial charge in [0.2, 0.25) is 0 Å². The molecule has 0 radical (unpaired) electrons. The van der Waals surface area contributed by atoms with E-state index in [0.29, 0.717) is 26.4 Å². The van der Waals surface area contributed by atoms with Gasteiger partial charge < -0.3 is 18.6 Å². The Hall–Kier alpha value is -3.92. The Bertz CT molecular complexity index is 1510. The van der Waals surface area contributed by atoms with Crippen molar-refractivity contribution in [3.8, 4) is 11.5 Å². The maximum Gasteiger partial charge on any atom is 0.338 e. The third-order valence-corrected chi connectivity index (χ3v) is 6.35. The summed E-state index contributed by atoms with van der Waals surface area (Å²) in [4.78, 5) is 43.4. The van der Waals surface area contributed by atoms with Gasteiger partial charge in [-0.3, -0.25) is 14.2 Å². The van der Waals surface area contributed by atoms with Gasteiger partial charge in [-0.05, 0) is 42.7 Å². The molecule has 0 saturated carbocycles. The highest BCUT2D eigenvalue weighted by Crippen LogP contribution is 2.36. The number of fused-ring (bicyclic) bond motifs is 1. The van der Waals surface area contributed by atoms with Gasteiger partial charge in [-0.25, -0.2) is 9.79 Å². The van der Waals surface area contributed by atoms with Crippen molar-refractivity contribution in [3.05, 3.63) is 78.9 Å². The number of aromatic nitrogens is 1. The molecule has 4 rings (SSSR count). The zero-order valence-corrected chi connectivity index (χ0v) is 21.4. The van der Waals surface area contributed by atoms with Crippen LogP contribution in [0.15, 0.2) is 62.1 Å². The van der Waals surface area contributed by atoms with Crippen molar-refractivity contribution in [1.82, 2.24) is 4.57 Å². The zero-order chi connectivity index (χ0) is 26.0. The maximum absolute atomic E-state index is 13.6. The molecule has 0 N–H and O–H groups in total. The number of hydrogen-bond donors (Lipinski definition) is 0. The molecule has 0 bridgehead atoms. The van der Waals surface area contributed by atoms with E-state index in [4.69, 9.17) is 18.6 Å². The van der Waals surface area contributed by atoms with Crippen molar-refractivity contribution in [2.75, 3.05) is 13.7 Å². The molecule has 10 heteroatoms. The lowest BCUT2D eigenvalue weighted by atomic mass is 9.95. The van der Waals surface area contributed by atoms with Gasteiger partial charge in [0.25, 0.3) is 5.56 Å². The van der Waals surface area contributed by atoms with E-state index in [9.17, 15) is 14.4 Å². The predicted molar refractivity (Wildman–Crippen MR) is 133 cm³/mol. The summed E-state index contributed by atoms with van der Waals surface area (Å²) in [6.07, 6.45) is 3.16. The SMILES string of the molecule is COc1cc([C@H]2C(C(=O)OCC(C)C)=C(C)N=c3s/c(=C/c4ccco4)c(=O)n32)ccc1OC(C)=O. The van der Waals surface area contributed by atoms with Crippen molar-refractivity contribution in [2.24, 2.45) is 10.9 Å². The third-order valence-electron chi connectivity index (χ3n) is 5.36. The van der Waals surface area contributed by atoms with Crippen molar-refractivity contribution in [1.29, 1.82) is 0 Å². The number of carbonyl (C=O) groups excluding carboxylic acids is 2. The minimum absolute atomic E-state index is 0.130. The molecule has 9 nitrogen and oxygen atoms in total. The molecule has 0 fully saturated rings. The minimum atomic E-state index is -0.833. The predicted octanol–water partition coefficient (Wildman–Crippen LogP) is 2.96. The van der Waals surface area contributed by atoms with Crippen molar-refractivity contribution < 1.29 is 28.2 Å². The third kappa shape index (κ3) is 5.03. The van der Waals surface area contributed by atoms with E-state index < -0.39 is 18.0 Å². The van der Waals surface area contributed by atoms with Crippen molar-refractivity contribution >= 4 is 29.4 Å². The zero-order valence-electron chi connectivity index (χ0n) is 20.6. The highest BCUT2D eigenvalue weighted by atomic mass is 32.1. The number of thiazole rings is 1. The number of furan rings is 1. The largest absolute Gasteiger partial charge is 0.493 e. The average molecular weight is 511 g/mol. The Morgan fingerprint density at radius 3 is 2.67 bits per heavy atom. The smallest absolute Gasteiger partial charge is 0.338 e. The molecule has 1 aromatic carbocycles. The van der Waals surface area contributed by atoms with E-state index in [-0.39, 0.29) is 35.2 Å². The molecule has 0 spiro atoms. The molecule has 0 amide bonds. The number of nitrogens with zero attached hydrogens (tertiary/aromatic N) is 2. The number of esters is 2. The molecule has 36 heavy (non-hydrogen) atoms. The van der Waals surface area contributed by atoms with Gasteiger partial charge in [-0.2, -0.15) is 0 Å². The first-order chi connectivity index (χ1) is 17.2. The average Bonchev–Trinajstić information content (AvgIpc) is 3.44. The number of benzene rings is 1. The molecule has 3 heterocycles. The number of methoxy groups -OCH3 is 1. The summed E-state index contributed by atoms with van der Waals surface area (Å²) in [5.74, 6) is 0.106. The molecule has 0 saturated heterocycles. The van der Waals surface area contributed by atoms with E-state index in [2.05, 4.69) is 4.99 Å². The van der Waals surface area contributed by atoms with Gasteiger partial charge in [-0.1, -0.05) is 31.3 Å². The fourth-order valence-corrected chi connectivity index (χ4v) is 4.84. The minimum Gasteiger partial charge on any atom is -0.493 e. The van der Waals surface area contributed by atoms with Crippen LogP contribution in [0, 0.1) is 5.92 Å². The molecule has 188 valence electrons. The summed E-state index contributed by atoms with van der Waals surface area (Å²) in [6.45, 7) is 7.11. The van der Waals surface area contributed by atoms with Gasteiger partial charge in [0.15, 0.2) is 16.3 Å². The summed E-state index contributed by atoms with van der Waals surface area (Å²) in [6, 6.07) is 7.54. The molecule has 1 aliphatic rings. The van der Waals surface area contributed by atoms with Crippen LogP contribution in [-0.4, -0.2) is 30.2 Å². The normalized spacial score (nSPS) is 15.5.